The van der Waals surface area contributed by atoms with Crippen molar-refractivity contribution < 1.29 is 14.2 Å². The number of benzene rings is 2. The molecule has 1 saturated heterocycles. The molecule has 6 nitrogen and oxygen atoms in total. The van der Waals surface area contributed by atoms with Crippen molar-refractivity contribution in [2.75, 3.05) is 32.2 Å². The van der Waals surface area contributed by atoms with Gasteiger partial charge in [-0.05, 0) is 18.2 Å². The van der Waals surface area contributed by atoms with Crippen molar-refractivity contribution >= 4 is 16.6 Å². The zero-order valence-corrected chi connectivity index (χ0v) is 15.6. The van der Waals surface area contributed by atoms with Crippen LogP contribution in [0.25, 0.3) is 10.9 Å². The lowest BCUT2D eigenvalue weighted by atomic mass is 10.1. The van der Waals surface area contributed by atoms with Crippen LogP contribution in [0.3, 0.4) is 0 Å². The van der Waals surface area contributed by atoms with Crippen molar-refractivity contribution in [3.05, 3.63) is 48.7 Å². The fourth-order valence-electron chi connectivity index (χ4n) is 3.53. The number of nitrogens with zero attached hydrogens (tertiary/aromatic N) is 3. The molecular weight excluding hydrogens is 342 g/mol. The zero-order valence-electron chi connectivity index (χ0n) is 15.6. The van der Waals surface area contributed by atoms with Crippen molar-refractivity contribution in [3.8, 4) is 17.2 Å². The average molecular weight is 365 g/mol. The second kappa shape index (κ2) is 7.70. The first-order valence-electron chi connectivity index (χ1n) is 9.12. The van der Waals surface area contributed by atoms with E-state index in [4.69, 9.17) is 14.2 Å². The Bertz CT molecular complexity index is 909. The normalized spacial score (nSPS) is 15.0. The first-order chi connectivity index (χ1) is 13.3. The van der Waals surface area contributed by atoms with Crippen molar-refractivity contribution in [1.29, 1.82) is 0 Å². The maximum absolute atomic E-state index is 6.10. The highest BCUT2D eigenvalue weighted by Gasteiger charge is 2.23. The molecule has 2 heterocycles. The largest absolute Gasteiger partial charge is 0.493 e. The number of fused-ring (bicyclic) bond motifs is 1. The molecule has 27 heavy (non-hydrogen) atoms. The Morgan fingerprint density at radius 3 is 2.37 bits per heavy atom. The summed E-state index contributed by atoms with van der Waals surface area (Å²) in [4.78, 5) is 2.34. The van der Waals surface area contributed by atoms with E-state index in [9.17, 15) is 0 Å². The van der Waals surface area contributed by atoms with E-state index < -0.39 is 0 Å². The van der Waals surface area contributed by atoms with Gasteiger partial charge in [-0.1, -0.05) is 18.2 Å². The minimum Gasteiger partial charge on any atom is -0.493 e. The van der Waals surface area contributed by atoms with Crippen LogP contribution in [0, 0.1) is 0 Å². The first kappa shape index (κ1) is 17.4. The summed E-state index contributed by atoms with van der Waals surface area (Å²) in [6, 6.07) is 13.9. The van der Waals surface area contributed by atoms with Crippen molar-refractivity contribution in [2.24, 2.45) is 0 Å². The van der Waals surface area contributed by atoms with E-state index in [0.717, 1.165) is 48.3 Å². The Morgan fingerprint density at radius 1 is 0.963 bits per heavy atom. The van der Waals surface area contributed by atoms with Crippen LogP contribution in [0.15, 0.2) is 48.7 Å². The number of rotatable bonds is 5. The summed E-state index contributed by atoms with van der Waals surface area (Å²) < 4.78 is 16.9. The van der Waals surface area contributed by atoms with Gasteiger partial charge in [0.1, 0.15) is 11.9 Å². The van der Waals surface area contributed by atoms with Gasteiger partial charge in [0.2, 0.25) is 0 Å². The molecule has 0 aliphatic carbocycles. The topological polar surface area (TPSA) is 56.7 Å². The van der Waals surface area contributed by atoms with Crippen molar-refractivity contribution in [2.45, 2.75) is 18.9 Å². The SMILES string of the molecule is COc1cc2nncc(N3CCC(Oc4ccccc4)CC3)c2cc1OC. The second-order valence-corrected chi connectivity index (χ2v) is 6.57. The van der Waals surface area contributed by atoms with Crippen LogP contribution < -0.4 is 19.1 Å². The van der Waals surface area contributed by atoms with E-state index >= 15 is 0 Å². The lowest BCUT2D eigenvalue weighted by Gasteiger charge is -2.34. The van der Waals surface area contributed by atoms with Crippen molar-refractivity contribution in [3.63, 3.8) is 0 Å². The molecule has 1 fully saturated rings. The van der Waals surface area contributed by atoms with E-state index in [1.165, 1.54) is 0 Å². The van der Waals surface area contributed by atoms with Gasteiger partial charge in [0.05, 0.1) is 31.6 Å². The van der Waals surface area contributed by atoms with E-state index in [0.29, 0.717) is 11.5 Å². The highest BCUT2D eigenvalue weighted by molar-refractivity contribution is 5.93. The van der Waals surface area contributed by atoms with Gasteiger partial charge < -0.3 is 19.1 Å². The molecule has 0 saturated carbocycles. The summed E-state index contributed by atoms with van der Waals surface area (Å²) in [7, 11) is 3.27. The lowest BCUT2D eigenvalue weighted by molar-refractivity contribution is 0.171. The number of piperidine rings is 1. The van der Waals surface area contributed by atoms with Gasteiger partial charge in [0, 0.05) is 37.4 Å². The van der Waals surface area contributed by atoms with Gasteiger partial charge in [-0.15, -0.1) is 0 Å². The Hall–Kier alpha value is -3.02. The zero-order chi connectivity index (χ0) is 18.6. The number of para-hydroxylation sites is 1. The molecule has 0 bridgehead atoms. The monoisotopic (exact) mass is 365 g/mol. The summed E-state index contributed by atoms with van der Waals surface area (Å²) in [6.45, 7) is 1.82. The molecule has 0 amide bonds. The maximum Gasteiger partial charge on any atom is 0.162 e. The van der Waals surface area contributed by atoms with Crippen molar-refractivity contribution in [1.82, 2.24) is 10.2 Å². The van der Waals surface area contributed by atoms with E-state index in [1.807, 2.05) is 48.7 Å². The van der Waals surface area contributed by atoms with E-state index in [1.54, 1.807) is 14.2 Å². The third kappa shape index (κ3) is 3.60. The third-order valence-electron chi connectivity index (χ3n) is 4.95. The predicted molar refractivity (Wildman–Crippen MR) is 105 cm³/mol. The molecule has 0 spiro atoms. The lowest BCUT2D eigenvalue weighted by Crippen LogP contribution is -2.38. The third-order valence-corrected chi connectivity index (χ3v) is 4.95. The molecular formula is C21H23N3O3. The molecule has 1 aromatic heterocycles. The van der Waals surface area contributed by atoms with Gasteiger partial charge in [-0.2, -0.15) is 10.2 Å². The summed E-state index contributed by atoms with van der Waals surface area (Å²) >= 11 is 0. The molecule has 0 radical (unpaired) electrons. The second-order valence-electron chi connectivity index (χ2n) is 6.57. The molecule has 3 aromatic rings. The minimum absolute atomic E-state index is 0.236. The van der Waals surface area contributed by atoms with E-state index in [2.05, 4.69) is 15.1 Å². The molecule has 0 unspecified atom stereocenters. The molecule has 0 N–H and O–H groups in total. The number of ether oxygens (including phenoxy) is 3. The van der Waals surface area contributed by atoms with Gasteiger partial charge in [-0.25, -0.2) is 0 Å². The summed E-state index contributed by atoms with van der Waals surface area (Å²) in [5, 5.41) is 9.46. The summed E-state index contributed by atoms with van der Waals surface area (Å²) in [5.74, 6) is 2.29. The van der Waals surface area contributed by atoms with Gasteiger partial charge in [0.25, 0.3) is 0 Å². The maximum atomic E-state index is 6.10. The summed E-state index contributed by atoms with van der Waals surface area (Å²) in [6.07, 6.45) is 3.99. The molecule has 1 aliphatic heterocycles. The van der Waals surface area contributed by atoms with E-state index in [-0.39, 0.29) is 6.10 Å². The van der Waals surface area contributed by atoms with Gasteiger partial charge in [0.15, 0.2) is 11.5 Å². The highest BCUT2D eigenvalue weighted by Crippen LogP contribution is 2.36. The van der Waals surface area contributed by atoms with Gasteiger partial charge in [-0.3, -0.25) is 0 Å². The smallest absolute Gasteiger partial charge is 0.162 e. The molecule has 140 valence electrons. The molecule has 6 heteroatoms. The van der Waals surface area contributed by atoms with Crippen LogP contribution in [-0.4, -0.2) is 43.6 Å². The highest BCUT2D eigenvalue weighted by atomic mass is 16.5. The Balaban J connectivity index is 1.53. The summed E-state index contributed by atoms with van der Waals surface area (Å²) in [5.41, 5.74) is 1.87. The molecule has 1 aliphatic rings. The van der Waals surface area contributed by atoms with Crippen LogP contribution in [0.2, 0.25) is 0 Å². The Kier molecular flexibility index (Phi) is 4.96. The standard InChI is InChI=1S/C21H23N3O3/c1-25-20-12-17-18(13-21(20)26-2)23-22-14-19(17)24-10-8-16(9-11-24)27-15-6-4-3-5-7-15/h3-7,12-14,16H,8-11H2,1-2H3. The number of methoxy groups -OCH3 is 2. The predicted octanol–water partition coefficient (Wildman–Crippen LogP) is 3.69. The van der Waals surface area contributed by atoms with Crippen LogP contribution >= 0.6 is 0 Å². The quantitative estimate of drug-likeness (QED) is 0.687. The number of hydrogen-bond acceptors (Lipinski definition) is 6. The average Bonchev–Trinajstić information content (AvgIpc) is 2.73. The van der Waals surface area contributed by atoms with Crippen LogP contribution in [-0.2, 0) is 0 Å². The number of hydrogen-bond donors (Lipinski definition) is 0. The Labute approximate surface area is 158 Å². The molecule has 0 atom stereocenters. The first-order valence-corrected chi connectivity index (χ1v) is 9.12. The fourth-order valence-corrected chi connectivity index (χ4v) is 3.53. The number of aromatic nitrogens is 2. The number of anilines is 1. The Morgan fingerprint density at radius 2 is 1.67 bits per heavy atom. The van der Waals surface area contributed by atoms with Gasteiger partial charge >= 0.3 is 0 Å². The molecule has 2 aromatic carbocycles. The van der Waals surface area contributed by atoms with Crippen LogP contribution in [0.1, 0.15) is 12.8 Å². The minimum atomic E-state index is 0.236. The van der Waals surface area contributed by atoms with Crippen LogP contribution in [0.4, 0.5) is 5.69 Å². The molecule has 4 rings (SSSR count). The van der Waals surface area contributed by atoms with Crippen LogP contribution in [0.5, 0.6) is 17.2 Å². The fraction of sp³-hybridized carbons (Fsp3) is 0.333.